The van der Waals surface area contributed by atoms with Gasteiger partial charge in [-0.3, -0.25) is 0 Å². The molecule has 3 heteroatoms. The van der Waals surface area contributed by atoms with Gasteiger partial charge in [-0.15, -0.1) is 0 Å². The zero-order valence-corrected chi connectivity index (χ0v) is 19.5. The molecule has 0 aliphatic heterocycles. The molecule has 2 aliphatic rings. The normalized spacial score (nSPS) is 26.7. The molecular formula is C28H36ClFO. The molecule has 0 spiro atoms. The van der Waals surface area contributed by atoms with Gasteiger partial charge in [-0.1, -0.05) is 54.8 Å². The van der Waals surface area contributed by atoms with Crippen LogP contribution in [0.25, 0.3) is 11.1 Å². The van der Waals surface area contributed by atoms with Gasteiger partial charge in [-0.05, 0) is 104 Å². The highest BCUT2D eigenvalue weighted by molar-refractivity contribution is 6.30. The van der Waals surface area contributed by atoms with Crippen LogP contribution >= 0.6 is 11.6 Å². The molecule has 2 aromatic rings. The molecule has 1 nitrogen and oxygen atoms in total. The maximum absolute atomic E-state index is 13.8. The van der Waals surface area contributed by atoms with E-state index in [2.05, 4.69) is 24.3 Å². The third kappa shape index (κ3) is 5.90. The first-order valence-corrected chi connectivity index (χ1v) is 12.6. The van der Waals surface area contributed by atoms with Crippen LogP contribution in [0.2, 0.25) is 5.02 Å². The Kier molecular flexibility index (Phi) is 8.07. The SMILES string of the molecule is COCCC[C@H]1CC[C@H](C2CCC(c3ccc(-c4ccc(Cl)c(F)c4)cc3)CC2)CC1. The molecule has 0 radical (unpaired) electrons. The molecule has 0 aromatic heterocycles. The van der Waals surface area contributed by atoms with Crippen LogP contribution in [0.3, 0.4) is 0 Å². The maximum Gasteiger partial charge on any atom is 0.142 e. The van der Waals surface area contributed by atoms with E-state index in [-0.39, 0.29) is 10.8 Å². The average molecular weight is 443 g/mol. The van der Waals surface area contributed by atoms with Crippen molar-refractivity contribution in [1.82, 2.24) is 0 Å². The molecular weight excluding hydrogens is 407 g/mol. The maximum atomic E-state index is 13.8. The Morgan fingerprint density at radius 2 is 1.45 bits per heavy atom. The van der Waals surface area contributed by atoms with Crippen LogP contribution in [0.5, 0.6) is 0 Å². The quantitative estimate of drug-likeness (QED) is 0.389. The fraction of sp³-hybridized carbons (Fsp3) is 0.571. The summed E-state index contributed by atoms with van der Waals surface area (Å²) >= 11 is 5.82. The van der Waals surface area contributed by atoms with Gasteiger partial charge in [-0.2, -0.15) is 0 Å². The van der Waals surface area contributed by atoms with Crippen LogP contribution < -0.4 is 0 Å². The first kappa shape index (κ1) is 22.8. The minimum atomic E-state index is -0.356. The summed E-state index contributed by atoms with van der Waals surface area (Å²) < 4.78 is 19.0. The number of hydrogen-bond acceptors (Lipinski definition) is 1. The van der Waals surface area contributed by atoms with E-state index in [1.165, 1.54) is 75.8 Å². The van der Waals surface area contributed by atoms with Crippen LogP contribution in [-0.4, -0.2) is 13.7 Å². The molecule has 0 N–H and O–H groups in total. The van der Waals surface area contributed by atoms with Crippen LogP contribution in [0.4, 0.5) is 4.39 Å². The molecule has 0 unspecified atom stereocenters. The monoisotopic (exact) mass is 442 g/mol. The zero-order valence-electron chi connectivity index (χ0n) is 18.8. The number of ether oxygens (including phenoxy) is 1. The van der Waals surface area contributed by atoms with Gasteiger partial charge in [0.15, 0.2) is 0 Å². The molecule has 2 fully saturated rings. The Morgan fingerprint density at radius 1 is 0.839 bits per heavy atom. The number of rotatable bonds is 7. The predicted molar refractivity (Wildman–Crippen MR) is 128 cm³/mol. The van der Waals surface area contributed by atoms with Crippen molar-refractivity contribution in [3.05, 3.63) is 58.9 Å². The van der Waals surface area contributed by atoms with Crippen molar-refractivity contribution in [3.63, 3.8) is 0 Å². The molecule has 0 heterocycles. The Hall–Kier alpha value is -1.38. The third-order valence-electron chi connectivity index (χ3n) is 7.93. The number of halogens is 2. The summed E-state index contributed by atoms with van der Waals surface area (Å²) in [6.07, 6.45) is 13.7. The van der Waals surface area contributed by atoms with Crippen molar-refractivity contribution >= 4 is 11.6 Å². The van der Waals surface area contributed by atoms with E-state index < -0.39 is 0 Å². The second-order valence-corrected chi connectivity index (χ2v) is 10.2. The average Bonchev–Trinajstić information content (AvgIpc) is 2.82. The van der Waals surface area contributed by atoms with Crippen molar-refractivity contribution in [3.8, 4) is 11.1 Å². The van der Waals surface area contributed by atoms with Gasteiger partial charge in [0.25, 0.3) is 0 Å². The Morgan fingerprint density at radius 3 is 2.06 bits per heavy atom. The second kappa shape index (κ2) is 11.0. The van der Waals surface area contributed by atoms with E-state index in [0.29, 0.717) is 5.92 Å². The molecule has 0 saturated heterocycles. The van der Waals surface area contributed by atoms with Crippen molar-refractivity contribution in [2.24, 2.45) is 17.8 Å². The molecule has 2 aromatic carbocycles. The van der Waals surface area contributed by atoms with Crippen LogP contribution in [-0.2, 0) is 4.74 Å². The Balaban J connectivity index is 1.26. The number of hydrogen-bond donors (Lipinski definition) is 0. The van der Waals surface area contributed by atoms with Gasteiger partial charge < -0.3 is 4.74 Å². The highest BCUT2D eigenvalue weighted by Gasteiger charge is 2.31. The molecule has 0 amide bonds. The summed E-state index contributed by atoms with van der Waals surface area (Å²) in [6.45, 7) is 0.918. The van der Waals surface area contributed by atoms with E-state index in [9.17, 15) is 4.39 Å². The molecule has 0 atom stereocenters. The molecule has 168 valence electrons. The van der Waals surface area contributed by atoms with Crippen molar-refractivity contribution < 1.29 is 9.13 Å². The standard InChI is InChI=1S/C28H36ClFO/c1-31-18-2-3-20-4-6-21(7-5-20)22-8-10-23(11-9-22)24-12-14-25(15-13-24)26-16-17-27(29)28(30)19-26/h12-17,19-23H,2-11,18H2,1H3/t20-,21-,22?,23?. The van der Waals surface area contributed by atoms with Gasteiger partial charge >= 0.3 is 0 Å². The first-order valence-electron chi connectivity index (χ1n) is 12.2. The van der Waals surface area contributed by atoms with Gasteiger partial charge in [0.2, 0.25) is 0 Å². The fourth-order valence-electron chi connectivity index (χ4n) is 6.01. The lowest BCUT2D eigenvalue weighted by Crippen LogP contribution is -2.25. The molecule has 2 aliphatic carbocycles. The summed E-state index contributed by atoms with van der Waals surface area (Å²) in [5.74, 6) is 3.16. The topological polar surface area (TPSA) is 9.23 Å². The van der Waals surface area contributed by atoms with Gasteiger partial charge in [0.1, 0.15) is 5.82 Å². The minimum Gasteiger partial charge on any atom is -0.385 e. The van der Waals surface area contributed by atoms with Gasteiger partial charge in [0.05, 0.1) is 5.02 Å². The summed E-state index contributed by atoms with van der Waals surface area (Å²) in [7, 11) is 1.81. The van der Waals surface area contributed by atoms with E-state index in [1.807, 2.05) is 13.2 Å². The predicted octanol–water partition coefficient (Wildman–Crippen LogP) is 8.65. The van der Waals surface area contributed by atoms with Crippen LogP contribution in [0.15, 0.2) is 42.5 Å². The van der Waals surface area contributed by atoms with Crippen LogP contribution in [0.1, 0.15) is 75.7 Å². The molecule has 0 bridgehead atoms. The largest absolute Gasteiger partial charge is 0.385 e. The van der Waals surface area contributed by atoms with E-state index in [1.54, 1.807) is 6.07 Å². The van der Waals surface area contributed by atoms with Gasteiger partial charge in [0, 0.05) is 13.7 Å². The minimum absolute atomic E-state index is 0.178. The van der Waals surface area contributed by atoms with Gasteiger partial charge in [-0.25, -0.2) is 4.39 Å². The lowest BCUT2D eigenvalue weighted by atomic mass is 9.68. The highest BCUT2D eigenvalue weighted by Crippen LogP contribution is 2.44. The summed E-state index contributed by atoms with van der Waals surface area (Å²) in [4.78, 5) is 0. The van der Waals surface area contributed by atoms with Crippen molar-refractivity contribution in [1.29, 1.82) is 0 Å². The molecule has 4 rings (SSSR count). The summed E-state index contributed by atoms with van der Waals surface area (Å²) in [6, 6.07) is 13.8. The van der Waals surface area contributed by atoms with Crippen LogP contribution in [0, 0.1) is 23.6 Å². The number of methoxy groups -OCH3 is 1. The lowest BCUT2D eigenvalue weighted by Gasteiger charge is -2.38. The highest BCUT2D eigenvalue weighted by atomic mass is 35.5. The lowest BCUT2D eigenvalue weighted by molar-refractivity contribution is 0.144. The smallest absolute Gasteiger partial charge is 0.142 e. The fourth-order valence-corrected chi connectivity index (χ4v) is 6.13. The molecule has 31 heavy (non-hydrogen) atoms. The third-order valence-corrected chi connectivity index (χ3v) is 8.23. The summed E-state index contributed by atoms with van der Waals surface area (Å²) in [5.41, 5.74) is 3.38. The second-order valence-electron chi connectivity index (χ2n) is 9.78. The van der Waals surface area contributed by atoms with Crippen molar-refractivity contribution in [2.45, 2.75) is 70.1 Å². The molecule has 2 saturated carbocycles. The first-order chi connectivity index (χ1) is 15.1. The Bertz CT molecular complexity index is 817. The zero-order chi connectivity index (χ0) is 21.6. The van der Waals surface area contributed by atoms with Crippen molar-refractivity contribution in [2.75, 3.05) is 13.7 Å². The van der Waals surface area contributed by atoms with E-state index in [0.717, 1.165) is 35.5 Å². The van der Waals surface area contributed by atoms with E-state index >= 15 is 0 Å². The Labute approximate surface area is 192 Å². The number of benzene rings is 2. The summed E-state index contributed by atoms with van der Waals surface area (Å²) in [5, 5.41) is 0.178. The van der Waals surface area contributed by atoms with E-state index in [4.69, 9.17) is 16.3 Å².